The quantitative estimate of drug-likeness (QED) is 0.867. The van der Waals surface area contributed by atoms with Crippen LogP contribution in [-0.4, -0.2) is 36.9 Å². The highest BCUT2D eigenvalue weighted by atomic mass is 16.5. The van der Waals surface area contributed by atoms with Gasteiger partial charge >= 0.3 is 5.97 Å². The van der Waals surface area contributed by atoms with Gasteiger partial charge in [-0.25, -0.2) is 4.79 Å². The molecule has 1 aromatic rings. The van der Waals surface area contributed by atoms with E-state index in [9.17, 15) is 4.79 Å². The van der Waals surface area contributed by atoms with E-state index in [1.165, 1.54) is 5.56 Å². The van der Waals surface area contributed by atoms with Crippen LogP contribution < -0.4 is 4.90 Å². The Labute approximate surface area is 106 Å². The zero-order chi connectivity index (χ0) is 12.5. The second-order valence-corrected chi connectivity index (χ2v) is 4.96. The lowest BCUT2D eigenvalue weighted by atomic mass is 10.1. The van der Waals surface area contributed by atoms with Crippen molar-refractivity contribution >= 4 is 11.7 Å². The first-order valence-electron chi connectivity index (χ1n) is 6.46. The molecule has 0 bridgehead atoms. The largest absolute Gasteiger partial charge is 0.478 e. The lowest BCUT2D eigenvalue weighted by Gasteiger charge is -2.33. The molecule has 2 aliphatic rings. The van der Waals surface area contributed by atoms with E-state index in [1.807, 2.05) is 6.07 Å². The van der Waals surface area contributed by atoms with Crippen molar-refractivity contribution in [1.82, 2.24) is 0 Å². The van der Waals surface area contributed by atoms with Gasteiger partial charge in [0.1, 0.15) is 0 Å². The third-order valence-electron chi connectivity index (χ3n) is 3.84. The van der Waals surface area contributed by atoms with E-state index in [0.29, 0.717) is 11.6 Å². The summed E-state index contributed by atoms with van der Waals surface area (Å²) < 4.78 is 5.53. The number of carbonyl (C=O) groups is 1. The highest BCUT2D eigenvalue weighted by molar-refractivity contribution is 5.89. The Hall–Kier alpha value is -1.55. The maximum absolute atomic E-state index is 11.0. The van der Waals surface area contributed by atoms with Crippen LogP contribution in [0.2, 0.25) is 0 Å². The van der Waals surface area contributed by atoms with Crippen molar-refractivity contribution in [3.8, 4) is 0 Å². The maximum atomic E-state index is 11.0. The van der Waals surface area contributed by atoms with Crippen molar-refractivity contribution in [2.75, 3.05) is 24.7 Å². The van der Waals surface area contributed by atoms with Gasteiger partial charge < -0.3 is 14.7 Å². The van der Waals surface area contributed by atoms with Crippen molar-refractivity contribution in [2.45, 2.75) is 25.3 Å². The molecular weight excluding hydrogens is 230 g/mol. The van der Waals surface area contributed by atoms with Gasteiger partial charge in [-0.15, -0.1) is 0 Å². The molecule has 0 aliphatic carbocycles. The van der Waals surface area contributed by atoms with Gasteiger partial charge in [0.2, 0.25) is 0 Å². The summed E-state index contributed by atoms with van der Waals surface area (Å²) in [4.78, 5) is 13.4. The summed E-state index contributed by atoms with van der Waals surface area (Å²) in [6, 6.07) is 5.85. The van der Waals surface area contributed by atoms with Crippen LogP contribution in [0.4, 0.5) is 5.69 Å². The molecular formula is C14H17NO3. The van der Waals surface area contributed by atoms with Crippen LogP contribution in [0.3, 0.4) is 0 Å². The van der Waals surface area contributed by atoms with Gasteiger partial charge in [-0.3, -0.25) is 0 Å². The predicted octanol–water partition coefficient (Wildman–Crippen LogP) is 1.93. The summed E-state index contributed by atoms with van der Waals surface area (Å²) in [5, 5.41) is 9.07. The van der Waals surface area contributed by atoms with Crippen LogP contribution in [-0.2, 0) is 11.2 Å². The van der Waals surface area contributed by atoms with E-state index in [1.54, 1.807) is 12.1 Å². The highest BCUT2D eigenvalue weighted by Gasteiger charge is 2.28. The molecule has 1 aromatic carbocycles. The fourth-order valence-electron chi connectivity index (χ4n) is 2.89. The molecule has 3 rings (SSSR count). The first-order chi connectivity index (χ1) is 8.75. The van der Waals surface area contributed by atoms with Crippen LogP contribution in [0.25, 0.3) is 0 Å². The van der Waals surface area contributed by atoms with Crippen molar-refractivity contribution in [3.05, 3.63) is 29.3 Å². The Kier molecular flexibility index (Phi) is 2.96. The molecule has 0 aromatic heterocycles. The molecule has 1 unspecified atom stereocenters. The molecule has 18 heavy (non-hydrogen) atoms. The summed E-state index contributed by atoms with van der Waals surface area (Å²) in [5.74, 6) is -0.857. The smallest absolute Gasteiger partial charge is 0.335 e. The molecule has 0 amide bonds. The predicted molar refractivity (Wildman–Crippen MR) is 68.3 cm³/mol. The number of nitrogens with zero attached hydrogens (tertiary/aromatic N) is 1. The number of anilines is 1. The highest BCUT2D eigenvalue weighted by Crippen LogP contribution is 2.32. The van der Waals surface area contributed by atoms with E-state index in [4.69, 9.17) is 9.84 Å². The van der Waals surface area contributed by atoms with Crippen molar-refractivity contribution in [3.63, 3.8) is 0 Å². The molecule has 1 N–H and O–H groups in total. The van der Waals surface area contributed by atoms with Crippen molar-refractivity contribution < 1.29 is 14.6 Å². The average molecular weight is 247 g/mol. The number of carboxylic acids is 1. The minimum atomic E-state index is -0.857. The summed E-state index contributed by atoms with van der Waals surface area (Å²) >= 11 is 0. The summed E-state index contributed by atoms with van der Waals surface area (Å²) in [6.45, 7) is 2.59. The van der Waals surface area contributed by atoms with Gasteiger partial charge in [-0.05, 0) is 37.0 Å². The number of ether oxygens (including phenoxy) is 1. The van der Waals surface area contributed by atoms with Gasteiger partial charge in [-0.2, -0.15) is 0 Å². The number of hydrogen-bond acceptors (Lipinski definition) is 3. The van der Waals surface area contributed by atoms with Crippen LogP contribution in [0.5, 0.6) is 0 Å². The molecule has 1 fully saturated rings. The first-order valence-corrected chi connectivity index (χ1v) is 6.46. The van der Waals surface area contributed by atoms with E-state index in [2.05, 4.69) is 4.90 Å². The van der Waals surface area contributed by atoms with Crippen molar-refractivity contribution in [2.24, 2.45) is 0 Å². The minimum Gasteiger partial charge on any atom is -0.478 e. The molecule has 0 radical (unpaired) electrons. The first kappa shape index (κ1) is 11.5. The Balaban J connectivity index is 1.89. The fraction of sp³-hybridized carbons (Fsp3) is 0.500. The number of rotatable bonds is 2. The topological polar surface area (TPSA) is 49.8 Å². The average Bonchev–Trinajstić information content (AvgIpc) is 2.82. The Morgan fingerprint density at radius 2 is 2.33 bits per heavy atom. The van der Waals surface area contributed by atoms with Gasteiger partial charge in [0.25, 0.3) is 0 Å². The Morgan fingerprint density at radius 3 is 3.06 bits per heavy atom. The summed E-state index contributed by atoms with van der Waals surface area (Å²) in [6.07, 6.45) is 3.23. The van der Waals surface area contributed by atoms with E-state index < -0.39 is 5.97 Å². The third kappa shape index (κ3) is 1.97. The standard InChI is InChI=1S/C14H17NO3/c16-14(17)11-4-3-10-5-6-15(13(10)8-11)12-2-1-7-18-9-12/h3-4,8,12H,1-2,5-7,9H2,(H,16,17). The fourth-order valence-corrected chi connectivity index (χ4v) is 2.89. The van der Waals surface area contributed by atoms with Gasteiger partial charge in [0.05, 0.1) is 18.2 Å². The lowest BCUT2D eigenvalue weighted by molar-refractivity contribution is 0.0697. The van der Waals surface area contributed by atoms with Crippen LogP contribution in [0.15, 0.2) is 18.2 Å². The lowest BCUT2D eigenvalue weighted by Crippen LogP contribution is -2.40. The molecule has 2 aliphatic heterocycles. The second kappa shape index (κ2) is 4.61. The molecule has 0 saturated carbocycles. The molecule has 4 heteroatoms. The molecule has 4 nitrogen and oxygen atoms in total. The summed E-state index contributed by atoms with van der Waals surface area (Å²) in [7, 11) is 0. The van der Waals surface area contributed by atoms with Crippen LogP contribution >= 0.6 is 0 Å². The molecule has 0 spiro atoms. The molecule has 2 heterocycles. The molecule has 96 valence electrons. The van der Waals surface area contributed by atoms with Crippen LogP contribution in [0, 0.1) is 0 Å². The van der Waals surface area contributed by atoms with E-state index in [-0.39, 0.29) is 0 Å². The maximum Gasteiger partial charge on any atom is 0.335 e. The Morgan fingerprint density at radius 1 is 1.44 bits per heavy atom. The zero-order valence-corrected chi connectivity index (χ0v) is 10.3. The van der Waals surface area contributed by atoms with Crippen molar-refractivity contribution in [1.29, 1.82) is 0 Å². The van der Waals surface area contributed by atoms with Gasteiger partial charge in [-0.1, -0.05) is 6.07 Å². The number of fused-ring (bicyclic) bond motifs is 1. The number of carboxylic acid groups (broad SMARTS) is 1. The summed E-state index contributed by atoms with van der Waals surface area (Å²) in [5.41, 5.74) is 2.72. The number of aromatic carboxylic acids is 1. The SMILES string of the molecule is O=C(O)c1ccc2c(c1)N(C1CCCOC1)CC2. The van der Waals surface area contributed by atoms with Gasteiger partial charge in [0, 0.05) is 18.8 Å². The number of hydrogen-bond donors (Lipinski definition) is 1. The molecule has 1 saturated heterocycles. The normalized spacial score (nSPS) is 22.9. The van der Waals surface area contributed by atoms with E-state index >= 15 is 0 Å². The third-order valence-corrected chi connectivity index (χ3v) is 3.84. The monoisotopic (exact) mass is 247 g/mol. The zero-order valence-electron chi connectivity index (χ0n) is 10.3. The van der Waals surface area contributed by atoms with Crippen LogP contribution in [0.1, 0.15) is 28.8 Å². The van der Waals surface area contributed by atoms with Gasteiger partial charge in [0.15, 0.2) is 0 Å². The number of benzene rings is 1. The second-order valence-electron chi connectivity index (χ2n) is 4.96. The Bertz CT molecular complexity index is 466. The van der Waals surface area contributed by atoms with E-state index in [0.717, 1.165) is 44.7 Å². The molecule has 1 atom stereocenters. The minimum absolute atomic E-state index is 0.373.